The van der Waals surface area contributed by atoms with Crippen molar-refractivity contribution in [2.45, 2.75) is 19.8 Å². The summed E-state index contributed by atoms with van der Waals surface area (Å²) in [6, 6.07) is 5.78. The van der Waals surface area contributed by atoms with Gasteiger partial charge >= 0.3 is 0 Å². The number of ether oxygens (including phenoxy) is 2. The molecule has 0 unspecified atom stereocenters. The van der Waals surface area contributed by atoms with Gasteiger partial charge in [0.05, 0.1) is 13.7 Å². The molecular weight excluding hydrogens is 192 g/mol. The number of methoxy groups -OCH3 is 1. The number of hydrogen-bond acceptors (Lipinski definition) is 3. The maximum Gasteiger partial charge on any atom is 0.126 e. The van der Waals surface area contributed by atoms with Crippen molar-refractivity contribution in [3.63, 3.8) is 0 Å². The summed E-state index contributed by atoms with van der Waals surface area (Å²) in [6.45, 7) is 2.80. The molecule has 0 saturated heterocycles. The smallest absolute Gasteiger partial charge is 0.126 e. The van der Waals surface area contributed by atoms with Gasteiger partial charge in [-0.25, -0.2) is 0 Å². The lowest BCUT2D eigenvalue weighted by atomic mass is 10.1. The molecule has 0 aliphatic carbocycles. The third-order valence-electron chi connectivity index (χ3n) is 2.18. The first-order valence-corrected chi connectivity index (χ1v) is 5.22. The summed E-state index contributed by atoms with van der Waals surface area (Å²) in [7, 11) is 1.64. The number of rotatable bonds is 6. The van der Waals surface area contributed by atoms with Gasteiger partial charge in [0, 0.05) is 12.7 Å². The first-order valence-electron chi connectivity index (χ1n) is 5.22. The number of benzene rings is 1. The van der Waals surface area contributed by atoms with Crippen LogP contribution in [0.3, 0.4) is 0 Å². The molecule has 0 saturated carbocycles. The van der Waals surface area contributed by atoms with Crippen LogP contribution in [-0.2, 0) is 6.42 Å². The fourth-order valence-electron chi connectivity index (χ4n) is 1.43. The second kappa shape index (κ2) is 6.30. The van der Waals surface area contributed by atoms with Crippen LogP contribution in [0.5, 0.6) is 11.5 Å². The van der Waals surface area contributed by atoms with E-state index in [1.165, 1.54) is 0 Å². The van der Waals surface area contributed by atoms with Crippen molar-refractivity contribution < 1.29 is 14.6 Å². The van der Waals surface area contributed by atoms with Gasteiger partial charge < -0.3 is 14.6 Å². The van der Waals surface area contributed by atoms with Gasteiger partial charge in [0.25, 0.3) is 0 Å². The van der Waals surface area contributed by atoms with Gasteiger partial charge in [-0.15, -0.1) is 0 Å². The van der Waals surface area contributed by atoms with Crippen LogP contribution in [0.15, 0.2) is 18.2 Å². The largest absolute Gasteiger partial charge is 0.497 e. The lowest BCUT2D eigenvalue weighted by molar-refractivity contribution is 0.286. The van der Waals surface area contributed by atoms with Crippen LogP contribution in [0.1, 0.15) is 18.9 Å². The zero-order valence-corrected chi connectivity index (χ0v) is 9.32. The van der Waals surface area contributed by atoms with E-state index < -0.39 is 0 Å². The standard InChI is InChI=1S/C12H18O3/c1-3-15-12-9-11(14-2)7-6-10(12)5-4-8-13/h6-7,9,13H,3-5,8H2,1-2H3. The summed E-state index contributed by atoms with van der Waals surface area (Å²) < 4.78 is 10.6. The number of aryl methyl sites for hydroxylation is 1. The minimum atomic E-state index is 0.206. The van der Waals surface area contributed by atoms with Gasteiger partial charge in [-0.05, 0) is 31.4 Å². The van der Waals surface area contributed by atoms with Crippen molar-refractivity contribution >= 4 is 0 Å². The van der Waals surface area contributed by atoms with Crippen LogP contribution >= 0.6 is 0 Å². The van der Waals surface area contributed by atoms with Crippen LogP contribution in [0.2, 0.25) is 0 Å². The molecule has 0 spiro atoms. The zero-order valence-electron chi connectivity index (χ0n) is 9.32. The molecule has 3 heteroatoms. The molecule has 15 heavy (non-hydrogen) atoms. The molecular formula is C12H18O3. The number of aliphatic hydroxyl groups is 1. The molecule has 1 aromatic rings. The van der Waals surface area contributed by atoms with Crippen molar-refractivity contribution in [1.29, 1.82) is 0 Å². The van der Waals surface area contributed by atoms with Gasteiger partial charge in [0.15, 0.2) is 0 Å². The lowest BCUT2D eigenvalue weighted by Gasteiger charge is -2.11. The Balaban J connectivity index is 2.82. The Hall–Kier alpha value is -1.22. The summed E-state index contributed by atoms with van der Waals surface area (Å²) in [4.78, 5) is 0. The first kappa shape index (κ1) is 11.9. The van der Waals surface area contributed by atoms with E-state index in [9.17, 15) is 0 Å². The van der Waals surface area contributed by atoms with Crippen molar-refractivity contribution in [3.8, 4) is 11.5 Å². The first-order chi connectivity index (χ1) is 7.31. The van der Waals surface area contributed by atoms with Crippen LogP contribution in [0.4, 0.5) is 0 Å². The Morgan fingerprint density at radius 1 is 1.33 bits per heavy atom. The highest BCUT2D eigenvalue weighted by Crippen LogP contribution is 2.25. The monoisotopic (exact) mass is 210 g/mol. The SMILES string of the molecule is CCOc1cc(OC)ccc1CCCO. The van der Waals surface area contributed by atoms with Crippen molar-refractivity contribution in [2.75, 3.05) is 20.3 Å². The Morgan fingerprint density at radius 2 is 2.13 bits per heavy atom. The molecule has 0 aromatic heterocycles. The molecule has 1 N–H and O–H groups in total. The van der Waals surface area contributed by atoms with E-state index in [1.54, 1.807) is 7.11 Å². The fraction of sp³-hybridized carbons (Fsp3) is 0.500. The summed E-state index contributed by atoms with van der Waals surface area (Å²) in [5.74, 6) is 1.65. The maximum absolute atomic E-state index is 8.78. The van der Waals surface area contributed by atoms with E-state index in [-0.39, 0.29) is 6.61 Å². The molecule has 0 aliphatic heterocycles. The van der Waals surface area contributed by atoms with Crippen LogP contribution < -0.4 is 9.47 Å². The van der Waals surface area contributed by atoms with Crippen molar-refractivity contribution in [1.82, 2.24) is 0 Å². The molecule has 0 atom stereocenters. The third-order valence-corrected chi connectivity index (χ3v) is 2.18. The average Bonchev–Trinajstić information content (AvgIpc) is 2.27. The van der Waals surface area contributed by atoms with Crippen molar-refractivity contribution in [2.24, 2.45) is 0 Å². The van der Waals surface area contributed by atoms with Crippen molar-refractivity contribution in [3.05, 3.63) is 23.8 Å². The summed E-state index contributed by atoms with van der Waals surface area (Å²) >= 11 is 0. The topological polar surface area (TPSA) is 38.7 Å². The molecule has 1 rings (SSSR count). The Bertz CT molecular complexity index is 297. The van der Waals surface area contributed by atoms with E-state index in [1.807, 2.05) is 25.1 Å². The molecule has 0 aliphatic rings. The fourth-order valence-corrected chi connectivity index (χ4v) is 1.43. The molecule has 0 fully saturated rings. The molecule has 0 amide bonds. The van der Waals surface area contributed by atoms with Gasteiger partial charge in [0.1, 0.15) is 11.5 Å². The second-order valence-corrected chi connectivity index (χ2v) is 3.23. The van der Waals surface area contributed by atoms with E-state index in [0.717, 1.165) is 29.9 Å². The third kappa shape index (κ3) is 3.44. The van der Waals surface area contributed by atoms with Gasteiger partial charge in [-0.3, -0.25) is 0 Å². The Kier molecular flexibility index (Phi) is 4.98. The van der Waals surface area contributed by atoms with Crippen LogP contribution in [0, 0.1) is 0 Å². The van der Waals surface area contributed by atoms with E-state index in [4.69, 9.17) is 14.6 Å². The minimum absolute atomic E-state index is 0.206. The molecule has 0 radical (unpaired) electrons. The van der Waals surface area contributed by atoms with Crippen LogP contribution in [0.25, 0.3) is 0 Å². The zero-order chi connectivity index (χ0) is 11.1. The average molecular weight is 210 g/mol. The van der Waals surface area contributed by atoms with E-state index >= 15 is 0 Å². The summed E-state index contributed by atoms with van der Waals surface area (Å²) in [6.07, 6.45) is 1.59. The molecule has 84 valence electrons. The molecule has 3 nitrogen and oxygen atoms in total. The predicted molar refractivity (Wildman–Crippen MR) is 59.6 cm³/mol. The van der Waals surface area contributed by atoms with Crippen LogP contribution in [-0.4, -0.2) is 25.4 Å². The highest BCUT2D eigenvalue weighted by molar-refractivity contribution is 5.40. The van der Waals surface area contributed by atoms with Gasteiger partial charge in [-0.1, -0.05) is 6.07 Å². The molecule has 1 aromatic carbocycles. The molecule has 0 bridgehead atoms. The normalized spacial score (nSPS) is 10.1. The quantitative estimate of drug-likeness (QED) is 0.780. The number of aliphatic hydroxyl groups excluding tert-OH is 1. The Labute approximate surface area is 90.6 Å². The van der Waals surface area contributed by atoms with Gasteiger partial charge in [0.2, 0.25) is 0 Å². The summed E-state index contributed by atoms with van der Waals surface area (Å²) in [5, 5.41) is 8.78. The second-order valence-electron chi connectivity index (χ2n) is 3.23. The molecule has 0 heterocycles. The minimum Gasteiger partial charge on any atom is -0.497 e. The summed E-state index contributed by atoms with van der Waals surface area (Å²) in [5.41, 5.74) is 1.12. The highest BCUT2D eigenvalue weighted by atomic mass is 16.5. The predicted octanol–water partition coefficient (Wildman–Crippen LogP) is 2.02. The van der Waals surface area contributed by atoms with E-state index in [0.29, 0.717) is 6.61 Å². The Morgan fingerprint density at radius 3 is 2.73 bits per heavy atom. The van der Waals surface area contributed by atoms with Gasteiger partial charge in [-0.2, -0.15) is 0 Å². The lowest BCUT2D eigenvalue weighted by Crippen LogP contribution is -1.98. The highest BCUT2D eigenvalue weighted by Gasteiger charge is 2.04. The van der Waals surface area contributed by atoms with E-state index in [2.05, 4.69) is 0 Å². The number of hydrogen-bond donors (Lipinski definition) is 1. The maximum atomic E-state index is 8.78.